The number of allylic oxidation sites excluding steroid dienone is 8. The van der Waals surface area contributed by atoms with E-state index in [-0.39, 0.29) is 18.6 Å². The van der Waals surface area contributed by atoms with Crippen LogP contribution in [0.5, 0.6) is 0 Å². The monoisotopic (exact) mass is 822 g/mol. The van der Waals surface area contributed by atoms with Crippen LogP contribution in [0.3, 0.4) is 0 Å². The van der Waals surface area contributed by atoms with E-state index in [4.69, 9.17) is 23.8 Å². The maximum absolute atomic E-state index is 12.6. The zero-order valence-corrected chi connectivity index (χ0v) is 35.0. The van der Waals surface area contributed by atoms with Crippen molar-refractivity contribution in [3.63, 3.8) is 0 Å². The van der Waals surface area contributed by atoms with Crippen LogP contribution >= 0.6 is 15.6 Å². The van der Waals surface area contributed by atoms with Gasteiger partial charge in [0, 0.05) is 19.3 Å². The molecule has 0 aliphatic rings. The molecule has 0 fully saturated rings. The molecule has 0 rings (SSSR count). The maximum Gasteiger partial charge on any atom is 0.472 e. The Hall–Kier alpha value is -2.25. The van der Waals surface area contributed by atoms with Gasteiger partial charge in [0.1, 0.15) is 12.7 Å². The number of hydrogen-bond donors (Lipinski definition) is 4. The Labute approximate surface area is 328 Å². The summed E-state index contributed by atoms with van der Waals surface area (Å²) in [6.07, 6.45) is 27.0. The molecule has 318 valence electrons. The number of aliphatic hydroxyl groups excluding tert-OH is 1. The van der Waals surface area contributed by atoms with Gasteiger partial charge in [-0.25, -0.2) is 9.13 Å². The molecule has 0 radical (unpaired) electrons. The van der Waals surface area contributed by atoms with Crippen molar-refractivity contribution in [1.29, 1.82) is 0 Å². The topological polar surface area (TPSA) is 212 Å². The molecule has 0 aliphatic heterocycles. The standard InChI is InChI=1S/C39H68O14P2/c1-4-6-20-26-35(40)27-22-17-12-10-8-7-9-11-13-18-23-28-38(42)49-32-37(33-52-55(47,48)51-31-36(41)30-50-54(44,45)46)53-39(43)29-24-19-15-14-16-21-25-34(3)5-2/h7-8,11-13,17,22,27,34,36-37,41H,4-6,9-10,14-16,18-21,23-26,28-33H2,1-3H3,(H,47,48)(H2,44,45,46)/b8-7-,13-11-,17-12-,27-22+/t34?,36-,37+/m0/s1. The van der Waals surface area contributed by atoms with E-state index in [1.807, 2.05) is 36.5 Å². The molecule has 0 bridgehead atoms. The minimum absolute atomic E-state index is 0.0919. The number of carbonyl (C=O) groups excluding carboxylic acids is 3. The molecule has 0 amide bonds. The number of hydrogen-bond acceptors (Lipinski definition) is 11. The van der Waals surface area contributed by atoms with Gasteiger partial charge in [-0.05, 0) is 50.5 Å². The van der Waals surface area contributed by atoms with Gasteiger partial charge < -0.3 is 29.3 Å². The molecule has 4 atom stereocenters. The molecular weight excluding hydrogens is 754 g/mol. The molecule has 14 nitrogen and oxygen atoms in total. The van der Waals surface area contributed by atoms with Gasteiger partial charge in [0.2, 0.25) is 0 Å². The van der Waals surface area contributed by atoms with E-state index < -0.39 is 66.2 Å². The first-order valence-corrected chi connectivity index (χ1v) is 22.7. The third-order valence-corrected chi connectivity index (χ3v) is 9.66. The summed E-state index contributed by atoms with van der Waals surface area (Å²) in [5.74, 6) is -0.264. The number of ketones is 1. The van der Waals surface area contributed by atoms with Gasteiger partial charge in [-0.3, -0.25) is 28.0 Å². The fraction of sp³-hybridized carbons (Fsp3) is 0.718. The van der Waals surface area contributed by atoms with Gasteiger partial charge >= 0.3 is 27.6 Å². The first kappa shape index (κ1) is 52.8. The first-order valence-electron chi connectivity index (χ1n) is 19.7. The summed E-state index contributed by atoms with van der Waals surface area (Å²) in [5, 5.41) is 9.71. The lowest BCUT2D eigenvalue weighted by Crippen LogP contribution is -2.30. The van der Waals surface area contributed by atoms with Gasteiger partial charge in [0.25, 0.3) is 0 Å². The van der Waals surface area contributed by atoms with Crippen molar-refractivity contribution < 1.29 is 66.3 Å². The summed E-state index contributed by atoms with van der Waals surface area (Å²) in [6.45, 7) is 3.73. The van der Waals surface area contributed by atoms with Crippen molar-refractivity contribution in [2.45, 2.75) is 149 Å². The minimum atomic E-state index is -4.87. The second-order valence-electron chi connectivity index (χ2n) is 13.5. The average molecular weight is 823 g/mol. The van der Waals surface area contributed by atoms with Crippen molar-refractivity contribution in [3.05, 3.63) is 48.6 Å². The van der Waals surface area contributed by atoms with Crippen molar-refractivity contribution in [2.24, 2.45) is 5.92 Å². The van der Waals surface area contributed by atoms with E-state index in [0.717, 1.165) is 63.7 Å². The Bertz CT molecular complexity index is 1240. The quantitative estimate of drug-likeness (QED) is 0.0116. The van der Waals surface area contributed by atoms with Crippen LogP contribution in [0.2, 0.25) is 0 Å². The molecule has 55 heavy (non-hydrogen) atoms. The molecule has 4 N–H and O–H groups in total. The Morgan fingerprint density at radius 2 is 1.25 bits per heavy atom. The van der Waals surface area contributed by atoms with Gasteiger partial charge in [-0.1, -0.05) is 121 Å². The third kappa shape index (κ3) is 37.1. The van der Waals surface area contributed by atoms with Gasteiger partial charge in [-0.2, -0.15) is 0 Å². The maximum atomic E-state index is 12.6. The highest BCUT2D eigenvalue weighted by Gasteiger charge is 2.28. The summed E-state index contributed by atoms with van der Waals surface area (Å²) < 4.78 is 47.5. The summed E-state index contributed by atoms with van der Waals surface area (Å²) in [4.78, 5) is 64.1. The van der Waals surface area contributed by atoms with Crippen LogP contribution in [0, 0.1) is 5.92 Å². The molecule has 0 heterocycles. The molecule has 0 aliphatic carbocycles. The molecular formula is C39H68O14P2. The summed E-state index contributed by atoms with van der Waals surface area (Å²) in [5.41, 5.74) is 0. The van der Waals surface area contributed by atoms with E-state index in [1.165, 1.54) is 19.3 Å². The van der Waals surface area contributed by atoms with Gasteiger partial charge in [0.05, 0.1) is 19.8 Å². The molecule has 0 aromatic rings. The molecule has 16 heteroatoms. The number of rotatable bonds is 36. The minimum Gasteiger partial charge on any atom is -0.462 e. The Balaban J connectivity index is 4.69. The highest BCUT2D eigenvalue weighted by molar-refractivity contribution is 7.47. The van der Waals surface area contributed by atoms with E-state index in [1.54, 1.807) is 12.2 Å². The van der Waals surface area contributed by atoms with Crippen molar-refractivity contribution >= 4 is 33.4 Å². The summed E-state index contributed by atoms with van der Waals surface area (Å²) >= 11 is 0. The van der Waals surface area contributed by atoms with Gasteiger partial charge in [0.15, 0.2) is 11.9 Å². The van der Waals surface area contributed by atoms with Crippen LogP contribution in [-0.4, -0.2) is 76.1 Å². The van der Waals surface area contributed by atoms with Crippen LogP contribution in [0.15, 0.2) is 48.6 Å². The summed E-state index contributed by atoms with van der Waals surface area (Å²) in [6, 6.07) is 0. The number of esters is 2. The Morgan fingerprint density at radius 3 is 1.95 bits per heavy atom. The van der Waals surface area contributed by atoms with Crippen LogP contribution in [0.1, 0.15) is 136 Å². The van der Waals surface area contributed by atoms with Crippen molar-refractivity contribution in [2.75, 3.05) is 26.4 Å². The second kappa shape index (κ2) is 33.8. The largest absolute Gasteiger partial charge is 0.472 e. The fourth-order valence-corrected chi connectivity index (χ4v) is 5.95. The fourth-order valence-electron chi connectivity index (χ4n) is 4.80. The number of aliphatic hydroxyl groups is 1. The van der Waals surface area contributed by atoms with Crippen LogP contribution < -0.4 is 0 Å². The van der Waals surface area contributed by atoms with Crippen LogP contribution in [0.25, 0.3) is 0 Å². The Morgan fingerprint density at radius 1 is 0.655 bits per heavy atom. The number of unbranched alkanes of at least 4 members (excludes halogenated alkanes) is 8. The van der Waals surface area contributed by atoms with Crippen molar-refractivity contribution in [1.82, 2.24) is 0 Å². The first-order chi connectivity index (χ1) is 26.2. The van der Waals surface area contributed by atoms with Crippen LogP contribution in [-0.2, 0) is 46.6 Å². The van der Waals surface area contributed by atoms with E-state index in [9.17, 15) is 33.5 Å². The zero-order valence-electron chi connectivity index (χ0n) is 33.2. The van der Waals surface area contributed by atoms with E-state index in [0.29, 0.717) is 25.7 Å². The lowest BCUT2D eigenvalue weighted by Gasteiger charge is -2.20. The zero-order chi connectivity index (χ0) is 41.2. The molecule has 0 aromatic heterocycles. The smallest absolute Gasteiger partial charge is 0.462 e. The van der Waals surface area contributed by atoms with Crippen molar-refractivity contribution in [3.8, 4) is 0 Å². The Kier molecular flexibility index (Phi) is 32.5. The van der Waals surface area contributed by atoms with Crippen LogP contribution in [0.4, 0.5) is 0 Å². The lowest BCUT2D eigenvalue weighted by atomic mass is 10.00. The molecule has 0 saturated carbocycles. The summed E-state index contributed by atoms with van der Waals surface area (Å²) in [7, 11) is -9.70. The normalized spacial score (nSPS) is 15.2. The highest BCUT2D eigenvalue weighted by atomic mass is 31.2. The molecule has 0 aromatic carbocycles. The molecule has 0 saturated heterocycles. The number of ether oxygens (including phenoxy) is 2. The van der Waals surface area contributed by atoms with E-state index >= 15 is 0 Å². The van der Waals surface area contributed by atoms with Gasteiger partial charge in [-0.15, -0.1) is 0 Å². The molecule has 2 unspecified atom stereocenters. The third-order valence-electron chi connectivity index (χ3n) is 8.23. The lowest BCUT2D eigenvalue weighted by molar-refractivity contribution is -0.161. The predicted octanol–water partition coefficient (Wildman–Crippen LogP) is 8.54. The number of phosphoric acid groups is 2. The average Bonchev–Trinajstić information content (AvgIpc) is 3.13. The molecule has 0 spiro atoms. The van der Waals surface area contributed by atoms with E-state index in [2.05, 4.69) is 29.8 Å². The second-order valence-corrected chi connectivity index (χ2v) is 16.2. The predicted molar refractivity (Wildman–Crippen MR) is 212 cm³/mol. The number of phosphoric ester groups is 2. The highest BCUT2D eigenvalue weighted by Crippen LogP contribution is 2.43. The number of carbonyl (C=O) groups is 3. The SMILES string of the molecule is CCCCCC(=O)/C=C/C=C\C/C=C\C/C=C\CCCC(=O)OC[C@H](COP(=O)(O)OC[C@@H](O)COP(=O)(O)O)OC(=O)CCCCCCCCC(C)CC.